The Morgan fingerprint density at radius 2 is 1.74 bits per heavy atom. The Morgan fingerprint density at radius 1 is 1.21 bits per heavy atom. The van der Waals surface area contributed by atoms with Crippen molar-refractivity contribution in [2.24, 2.45) is 11.7 Å². The second-order valence-corrected chi connectivity index (χ2v) is 6.95. The van der Waals surface area contributed by atoms with Crippen molar-refractivity contribution < 1.29 is 13.2 Å². The summed E-state index contributed by atoms with van der Waals surface area (Å²) in [6, 6.07) is 6.84. The van der Waals surface area contributed by atoms with Crippen LogP contribution in [0.2, 0.25) is 0 Å². The Morgan fingerprint density at radius 3 is 2.16 bits per heavy atom. The van der Waals surface area contributed by atoms with Crippen LogP contribution in [0.1, 0.15) is 12.8 Å². The van der Waals surface area contributed by atoms with Crippen molar-refractivity contribution in [2.75, 3.05) is 24.2 Å². The van der Waals surface area contributed by atoms with E-state index >= 15 is 0 Å². The molecule has 2 N–H and O–H groups in total. The van der Waals surface area contributed by atoms with Gasteiger partial charge in [-0.05, 0) is 37.1 Å². The number of hydrogen-bond donors (Lipinski definition) is 1. The molecule has 0 aliphatic carbocycles. The SMILES string of the molecule is CS(=O)(=O)c1ccc(N2CCC(C(N)=O)CC2)cc1. The lowest BCUT2D eigenvalue weighted by atomic mass is 9.96. The van der Waals surface area contributed by atoms with Crippen LogP contribution in [-0.4, -0.2) is 33.7 Å². The number of anilines is 1. The number of nitrogens with two attached hydrogens (primary N) is 1. The Labute approximate surface area is 113 Å². The largest absolute Gasteiger partial charge is 0.371 e. The summed E-state index contributed by atoms with van der Waals surface area (Å²) in [5, 5.41) is 0. The fraction of sp³-hybridized carbons (Fsp3) is 0.462. The summed E-state index contributed by atoms with van der Waals surface area (Å²) in [5.74, 6) is -0.265. The maximum atomic E-state index is 11.4. The minimum atomic E-state index is -3.15. The van der Waals surface area contributed by atoms with Crippen LogP contribution in [0.25, 0.3) is 0 Å². The third-order valence-electron chi connectivity index (χ3n) is 3.53. The molecule has 104 valence electrons. The van der Waals surface area contributed by atoms with Crippen molar-refractivity contribution in [1.29, 1.82) is 0 Å². The average Bonchev–Trinajstić information content (AvgIpc) is 2.38. The van der Waals surface area contributed by atoms with E-state index in [0.29, 0.717) is 4.90 Å². The molecule has 6 heteroatoms. The van der Waals surface area contributed by atoms with E-state index in [-0.39, 0.29) is 11.8 Å². The highest BCUT2D eigenvalue weighted by Gasteiger charge is 2.23. The van der Waals surface area contributed by atoms with Gasteiger partial charge >= 0.3 is 0 Å². The molecule has 1 saturated heterocycles. The molecule has 0 saturated carbocycles. The number of hydrogen-bond acceptors (Lipinski definition) is 4. The third-order valence-corrected chi connectivity index (χ3v) is 4.66. The number of carbonyl (C=O) groups excluding carboxylic acids is 1. The number of rotatable bonds is 3. The maximum absolute atomic E-state index is 11.4. The molecule has 0 aromatic heterocycles. The molecule has 2 rings (SSSR count). The number of amides is 1. The first kappa shape index (κ1) is 13.9. The number of carbonyl (C=O) groups is 1. The van der Waals surface area contributed by atoms with E-state index in [1.165, 1.54) is 6.26 Å². The van der Waals surface area contributed by atoms with Gasteiger partial charge in [-0.3, -0.25) is 4.79 Å². The van der Waals surface area contributed by atoms with Gasteiger partial charge in [0.05, 0.1) is 4.90 Å². The standard InChI is InChI=1S/C13H18N2O3S/c1-19(17,18)12-4-2-11(3-5-12)15-8-6-10(7-9-15)13(14)16/h2-5,10H,6-9H2,1H3,(H2,14,16). The van der Waals surface area contributed by atoms with E-state index in [0.717, 1.165) is 31.6 Å². The minimum absolute atomic E-state index is 0.0356. The van der Waals surface area contributed by atoms with Crippen LogP contribution in [-0.2, 0) is 14.6 Å². The second kappa shape index (κ2) is 5.21. The van der Waals surface area contributed by atoms with Gasteiger partial charge in [-0.2, -0.15) is 0 Å². The van der Waals surface area contributed by atoms with Crippen LogP contribution < -0.4 is 10.6 Å². The van der Waals surface area contributed by atoms with E-state index < -0.39 is 9.84 Å². The van der Waals surface area contributed by atoms with E-state index in [9.17, 15) is 13.2 Å². The van der Waals surface area contributed by atoms with Crippen LogP contribution in [0.4, 0.5) is 5.69 Å². The number of benzene rings is 1. The summed E-state index contributed by atoms with van der Waals surface area (Å²) in [6.45, 7) is 1.54. The smallest absolute Gasteiger partial charge is 0.220 e. The predicted molar refractivity (Wildman–Crippen MR) is 73.7 cm³/mol. The third kappa shape index (κ3) is 3.26. The highest BCUT2D eigenvalue weighted by Crippen LogP contribution is 2.24. The van der Waals surface area contributed by atoms with Crippen molar-refractivity contribution in [1.82, 2.24) is 0 Å². The summed E-state index contributed by atoms with van der Waals surface area (Å²) >= 11 is 0. The highest BCUT2D eigenvalue weighted by atomic mass is 32.2. The fourth-order valence-corrected chi connectivity index (χ4v) is 2.96. The van der Waals surface area contributed by atoms with Gasteiger partial charge in [-0.25, -0.2) is 8.42 Å². The maximum Gasteiger partial charge on any atom is 0.220 e. The normalized spacial score (nSPS) is 17.4. The lowest BCUT2D eigenvalue weighted by Gasteiger charge is -2.32. The van der Waals surface area contributed by atoms with Crippen molar-refractivity contribution in [3.05, 3.63) is 24.3 Å². The van der Waals surface area contributed by atoms with Gasteiger partial charge in [0, 0.05) is 31.0 Å². The molecule has 0 radical (unpaired) electrons. The number of sulfone groups is 1. The zero-order valence-corrected chi connectivity index (χ0v) is 11.7. The Hall–Kier alpha value is -1.56. The molecule has 0 atom stereocenters. The molecule has 1 aliphatic rings. The average molecular weight is 282 g/mol. The second-order valence-electron chi connectivity index (χ2n) is 4.93. The molecule has 0 bridgehead atoms. The monoisotopic (exact) mass is 282 g/mol. The van der Waals surface area contributed by atoms with Crippen molar-refractivity contribution in [3.63, 3.8) is 0 Å². The summed E-state index contributed by atoms with van der Waals surface area (Å²) in [7, 11) is -3.15. The van der Waals surface area contributed by atoms with Crippen LogP contribution in [0, 0.1) is 5.92 Å². The molecule has 1 aromatic rings. The zero-order valence-electron chi connectivity index (χ0n) is 10.9. The van der Waals surface area contributed by atoms with Crippen molar-refractivity contribution >= 4 is 21.4 Å². The molecule has 0 spiro atoms. The van der Waals surface area contributed by atoms with Gasteiger partial charge in [0.1, 0.15) is 0 Å². The molecule has 1 aromatic carbocycles. The summed E-state index contributed by atoms with van der Waals surface area (Å²) < 4.78 is 22.7. The quantitative estimate of drug-likeness (QED) is 0.889. The molecule has 1 fully saturated rings. The van der Waals surface area contributed by atoms with Gasteiger partial charge in [0.2, 0.25) is 5.91 Å². The van der Waals surface area contributed by atoms with Crippen LogP contribution in [0.15, 0.2) is 29.2 Å². The number of primary amides is 1. The molecule has 0 unspecified atom stereocenters. The number of piperidine rings is 1. The van der Waals surface area contributed by atoms with Gasteiger partial charge in [0.15, 0.2) is 9.84 Å². The minimum Gasteiger partial charge on any atom is -0.371 e. The summed E-state index contributed by atoms with van der Waals surface area (Å²) in [4.78, 5) is 13.6. The van der Waals surface area contributed by atoms with E-state index in [2.05, 4.69) is 4.90 Å². The molecule has 1 heterocycles. The van der Waals surface area contributed by atoms with Crippen LogP contribution in [0.5, 0.6) is 0 Å². The van der Waals surface area contributed by atoms with Gasteiger partial charge in [-0.1, -0.05) is 0 Å². The lowest BCUT2D eigenvalue weighted by Crippen LogP contribution is -2.38. The topological polar surface area (TPSA) is 80.5 Å². The predicted octanol–water partition coefficient (Wildman–Crippen LogP) is 0.792. The van der Waals surface area contributed by atoms with Gasteiger partial charge in [-0.15, -0.1) is 0 Å². The van der Waals surface area contributed by atoms with E-state index in [1.54, 1.807) is 24.3 Å². The van der Waals surface area contributed by atoms with E-state index in [4.69, 9.17) is 5.73 Å². The van der Waals surface area contributed by atoms with E-state index in [1.807, 2.05) is 0 Å². The molecular formula is C13H18N2O3S. The lowest BCUT2D eigenvalue weighted by molar-refractivity contribution is -0.122. The van der Waals surface area contributed by atoms with Crippen LogP contribution in [0.3, 0.4) is 0 Å². The highest BCUT2D eigenvalue weighted by molar-refractivity contribution is 7.90. The molecule has 1 amide bonds. The zero-order chi connectivity index (χ0) is 14.0. The number of nitrogens with zero attached hydrogens (tertiary/aromatic N) is 1. The summed E-state index contributed by atoms with van der Waals surface area (Å²) in [6.07, 6.45) is 2.70. The fourth-order valence-electron chi connectivity index (χ4n) is 2.33. The summed E-state index contributed by atoms with van der Waals surface area (Å²) in [5.41, 5.74) is 6.28. The van der Waals surface area contributed by atoms with Crippen molar-refractivity contribution in [2.45, 2.75) is 17.7 Å². The molecular weight excluding hydrogens is 264 g/mol. The Bertz CT molecular complexity index is 558. The molecule has 1 aliphatic heterocycles. The van der Waals surface area contributed by atoms with Gasteiger partial charge in [0.25, 0.3) is 0 Å². The van der Waals surface area contributed by atoms with Gasteiger partial charge < -0.3 is 10.6 Å². The molecule has 5 nitrogen and oxygen atoms in total. The van der Waals surface area contributed by atoms with Crippen molar-refractivity contribution in [3.8, 4) is 0 Å². The Kier molecular flexibility index (Phi) is 3.80. The first-order chi connectivity index (χ1) is 8.88. The van der Waals surface area contributed by atoms with Crippen LogP contribution >= 0.6 is 0 Å². The Balaban J connectivity index is 2.06. The first-order valence-electron chi connectivity index (χ1n) is 6.22. The molecule has 19 heavy (non-hydrogen) atoms. The first-order valence-corrected chi connectivity index (χ1v) is 8.11.